The molecule has 7 heteroatoms. The van der Waals surface area contributed by atoms with Crippen LogP contribution < -0.4 is 10.2 Å². The van der Waals surface area contributed by atoms with Gasteiger partial charge >= 0.3 is 0 Å². The summed E-state index contributed by atoms with van der Waals surface area (Å²) in [5.74, 6) is 0.531. The number of amides is 2. The number of nitrogens with one attached hydrogen (secondary N) is 1. The van der Waals surface area contributed by atoms with Gasteiger partial charge in [0.1, 0.15) is 0 Å². The Hall–Kier alpha value is -2.41. The second kappa shape index (κ2) is 9.39. The minimum Gasteiger partial charge on any atom is -0.368 e. The van der Waals surface area contributed by atoms with E-state index in [0.717, 1.165) is 31.9 Å². The summed E-state index contributed by atoms with van der Waals surface area (Å²) in [6, 6.07) is 7.26. The summed E-state index contributed by atoms with van der Waals surface area (Å²) >= 11 is 0. The molecule has 0 bridgehead atoms. The molecular formula is C22H32N4O3. The monoisotopic (exact) mass is 400 g/mol. The van der Waals surface area contributed by atoms with E-state index in [1.165, 1.54) is 0 Å². The topological polar surface area (TPSA) is 73.0 Å². The average Bonchev–Trinajstić information content (AvgIpc) is 2.70. The van der Waals surface area contributed by atoms with E-state index in [2.05, 4.69) is 29.0 Å². The molecule has 3 rings (SSSR count). The summed E-state index contributed by atoms with van der Waals surface area (Å²) in [6.45, 7) is 10.9. The predicted molar refractivity (Wildman–Crippen MR) is 113 cm³/mol. The number of rotatable bonds is 6. The maximum absolute atomic E-state index is 12.9. The zero-order valence-corrected chi connectivity index (χ0v) is 17.7. The molecule has 1 N–H and O–H groups in total. The van der Waals surface area contributed by atoms with Crippen LogP contribution >= 0.6 is 0 Å². The quantitative estimate of drug-likeness (QED) is 0.731. The first-order valence-corrected chi connectivity index (χ1v) is 10.5. The van der Waals surface area contributed by atoms with Crippen molar-refractivity contribution in [3.63, 3.8) is 0 Å². The van der Waals surface area contributed by atoms with Gasteiger partial charge in [-0.2, -0.15) is 0 Å². The number of Topliss-reactive ketones (excluding diaryl/α,β-unsaturated/α-hetero) is 1. The van der Waals surface area contributed by atoms with E-state index in [9.17, 15) is 14.4 Å². The second-order valence-electron chi connectivity index (χ2n) is 8.37. The molecule has 2 aliphatic heterocycles. The maximum Gasteiger partial charge on any atom is 0.237 e. The van der Waals surface area contributed by atoms with Crippen molar-refractivity contribution in [1.82, 2.24) is 15.1 Å². The van der Waals surface area contributed by atoms with Crippen LogP contribution in [0.5, 0.6) is 0 Å². The summed E-state index contributed by atoms with van der Waals surface area (Å²) in [7, 11) is 0. The largest absolute Gasteiger partial charge is 0.368 e. The zero-order chi connectivity index (χ0) is 21.0. The number of hydrogen-bond donors (Lipinski definition) is 1. The van der Waals surface area contributed by atoms with Crippen LogP contribution in [0.15, 0.2) is 24.3 Å². The molecule has 2 amide bonds. The third kappa shape index (κ3) is 5.35. The molecule has 29 heavy (non-hydrogen) atoms. The fraction of sp³-hybridized carbons (Fsp3) is 0.591. The summed E-state index contributed by atoms with van der Waals surface area (Å²) in [4.78, 5) is 42.9. The third-order valence-corrected chi connectivity index (χ3v) is 5.68. The van der Waals surface area contributed by atoms with Gasteiger partial charge in [0.25, 0.3) is 0 Å². The van der Waals surface area contributed by atoms with Crippen molar-refractivity contribution in [3.8, 4) is 0 Å². The van der Waals surface area contributed by atoms with Gasteiger partial charge < -0.3 is 15.1 Å². The van der Waals surface area contributed by atoms with Crippen LogP contribution in [-0.4, -0.2) is 79.3 Å². The smallest absolute Gasteiger partial charge is 0.237 e. The van der Waals surface area contributed by atoms with Crippen LogP contribution in [0.1, 0.15) is 37.6 Å². The number of nitrogens with zero attached hydrogens (tertiary/aromatic N) is 3. The highest BCUT2D eigenvalue weighted by atomic mass is 16.2. The average molecular weight is 401 g/mol. The van der Waals surface area contributed by atoms with E-state index in [0.29, 0.717) is 31.1 Å². The Bertz CT molecular complexity index is 739. The molecule has 1 atom stereocenters. The molecule has 0 aliphatic carbocycles. The number of ketones is 1. The number of benzene rings is 1. The SMILES string of the molecule is CC(=O)c1ccc(N2CCN(C(=O)C[C@@H]3C(=O)NCCN3CC(C)C)CC2)cc1. The number of anilines is 1. The maximum atomic E-state index is 12.9. The van der Waals surface area contributed by atoms with E-state index < -0.39 is 0 Å². The van der Waals surface area contributed by atoms with Crippen LogP contribution in [0.4, 0.5) is 5.69 Å². The Morgan fingerprint density at radius 1 is 1.07 bits per heavy atom. The number of carbonyl (C=O) groups is 3. The first-order chi connectivity index (χ1) is 13.8. The van der Waals surface area contributed by atoms with Crippen LogP contribution in [-0.2, 0) is 9.59 Å². The van der Waals surface area contributed by atoms with E-state index in [4.69, 9.17) is 0 Å². The van der Waals surface area contributed by atoms with Gasteiger partial charge in [0.2, 0.25) is 11.8 Å². The van der Waals surface area contributed by atoms with Gasteiger partial charge in [-0.3, -0.25) is 19.3 Å². The standard InChI is InChI=1S/C22H32N4O3/c1-16(2)15-26-9-8-23-22(29)20(26)14-21(28)25-12-10-24(11-13-25)19-6-4-18(5-7-19)17(3)27/h4-7,16,20H,8-15H2,1-3H3,(H,23,29)/t20-/m1/s1. The van der Waals surface area contributed by atoms with Crippen molar-refractivity contribution in [2.24, 2.45) is 5.92 Å². The Labute approximate surface area is 173 Å². The highest BCUT2D eigenvalue weighted by Crippen LogP contribution is 2.19. The third-order valence-electron chi connectivity index (χ3n) is 5.68. The molecule has 1 aromatic carbocycles. The molecule has 2 saturated heterocycles. The Kier molecular flexibility index (Phi) is 6.90. The van der Waals surface area contributed by atoms with Gasteiger partial charge in [-0.25, -0.2) is 0 Å². The van der Waals surface area contributed by atoms with Crippen molar-refractivity contribution < 1.29 is 14.4 Å². The summed E-state index contributed by atoms with van der Waals surface area (Å²) < 4.78 is 0. The fourth-order valence-corrected chi connectivity index (χ4v) is 4.09. The van der Waals surface area contributed by atoms with Crippen molar-refractivity contribution in [1.29, 1.82) is 0 Å². The van der Waals surface area contributed by atoms with Gasteiger partial charge in [0.15, 0.2) is 5.78 Å². The van der Waals surface area contributed by atoms with Gasteiger partial charge in [-0.15, -0.1) is 0 Å². The molecule has 0 unspecified atom stereocenters. The lowest BCUT2D eigenvalue weighted by atomic mass is 10.0. The Morgan fingerprint density at radius 2 is 1.72 bits per heavy atom. The molecule has 1 aromatic rings. The second-order valence-corrected chi connectivity index (χ2v) is 8.37. The van der Waals surface area contributed by atoms with Crippen LogP contribution in [0.3, 0.4) is 0 Å². The molecule has 0 aromatic heterocycles. The van der Waals surface area contributed by atoms with E-state index in [1.807, 2.05) is 29.2 Å². The first kappa shape index (κ1) is 21.3. The summed E-state index contributed by atoms with van der Waals surface area (Å²) in [5.41, 5.74) is 1.77. The van der Waals surface area contributed by atoms with Gasteiger partial charge in [-0.1, -0.05) is 13.8 Å². The van der Waals surface area contributed by atoms with Crippen molar-refractivity contribution >= 4 is 23.3 Å². The Morgan fingerprint density at radius 3 is 2.31 bits per heavy atom. The van der Waals surface area contributed by atoms with Gasteiger partial charge in [-0.05, 0) is 37.1 Å². The van der Waals surface area contributed by atoms with Gasteiger partial charge in [0, 0.05) is 57.1 Å². The highest BCUT2D eigenvalue weighted by Gasteiger charge is 2.33. The Balaban J connectivity index is 1.55. The minimum atomic E-state index is -0.365. The van der Waals surface area contributed by atoms with E-state index >= 15 is 0 Å². The van der Waals surface area contributed by atoms with Gasteiger partial charge in [0.05, 0.1) is 12.5 Å². The lowest BCUT2D eigenvalue weighted by Crippen LogP contribution is -2.58. The van der Waals surface area contributed by atoms with Crippen molar-refractivity contribution in [3.05, 3.63) is 29.8 Å². The molecular weight excluding hydrogens is 368 g/mol. The highest BCUT2D eigenvalue weighted by molar-refractivity contribution is 5.94. The number of carbonyl (C=O) groups excluding carboxylic acids is 3. The van der Waals surface area contributed by atoms with Crippen LogP contribution in [0, 0.1) is 5.92 Å². The molecule has 2 aliphatic rings. The van der Waals surface area contributed by atoms with Crippen molar-refractivity contribution in [2.45, 2.75) is 33.2 Å². The fourth-order valence-electron chi connectivity index (χ4n) is 4.09. The molecule has 0 radical (unpaired) electrons. The number of hydrogen-bond acceptors (Lipinski definition) is 5. The molecule has 2 fully saturated rings. The van der Waals surface area contributed by atoms with E-state index in [-0.39, 0.29) is 30.1 Å². The minimum absolute atomic E-state index is 0.0329. The molecule has 0 spiro atoms. The first-order valence-electron chi connectivity index (χ1n) is 10.5. The molecule has 158 valence electrons. The summed E-state index contributed by atoms with van der Waals surface area (Å²) in [6.07, 6.45) is 0.242. The van der Waals surface area contributed by atoms with Crippen LogP contribution in [0.25, 0.3) is 0 Å². The normalized spacial score (nSPS) is 20.7. The number of piperazine rings is 2. The molecule has 7 nitrogen and oxygen atoms in total. The van der Waals surface area contributed by atoms with Crippen LogP contribution in [0.2, 0.25) is 0 Å². The predicted octanol–water partition coefficient (Wildman–Crippen LogP) is 1.38. The zero-order valence-electron chi connectivity index (χ0n) is 17.7. The van der Waals surface area contributed by atoms with E-state index in [1.54, 1.807) is 6.92 Å². The summed E-state index contributed by atoms with van der Waals surface area (Å²) in [5, 5.41) is 2.90. The lowest BCUT2D eigenvalue weighted by molar-refractivity contribution is -0.139. The van der Waals surface area contributed by atoms with Crippen molar-refractivity contribution in [2.75, 3.05) is 50.7 Å². The molecule has 0 saturated carbocycles. The lowest BCUT2D eigenvalue weighted by Gasteiger charge is -2.39. The molecule has 2 heterocycles.